The number of hydrogen-bond acceptors (Lipinski definition) is 4. The van der Waals surface area contributed by atoms with Crippen LogP contribution in [-0.2, 0) is 0 Å². The number of non-ortho nitro benzene ring substituents is 1. The average molecular weight is 234 g/mol. The molecule has 3 rings (SSSR count). The second-order valence-corrected chi connectivity index (χ2v) is 4.90. The second-order valence-electron chi connectivity index (χ2n) is 4.90. The van der Waals surface area contributed by atoms with Gasteiger partial charge < -0.3 is 10.0 Å². The zero-order valence-electron chi connectivity index (χ0n) is 9.32. The van der Waals surface area contributed by atoms with E-state index in [0.29, 0.717) is 5.92 Å². The van der Waals surface area contributed by atoms with Gasteiger partial charge in [-0.25, -0.2) is 0 Å². The van der Waals surface area contributed by atoms with E-state index < -0.39 is 4.92 Å². The molecule has 1 aliphatic heterocycles. The summed E-state index contributed by atoms with van der Waals surface area (Å²) in [6, 6.07) is 6.78. The maximum Gasteiger partial charge on any atom is 0.269 e. The van der Waals surface area contributed by atoms with Crippen molar-refractivity contribution in [3.05, 3.63) is 34.4 Å². The third kappa shape index (κ3) is 1.67. The Morgan fingerprint density at radius 2 is 2.00 bits per heavy atom. The minimum atomic E-state index is -0.394. The SMILES string of the molecule is O=[N+]([O-])c1ccc(N2CC3CC(O)C2C3)cc1. The molecule has 90 valence electrons. The predicted octanol–water partition coefficient (Wildman–Crippen LogP) is 1.55. The molecule has 1 saturated heterocycles. The van der Waals surface area contributed by atoms with Crippen LogP contribution in [0.2, 0.25) is 0 Å². The van der Waals surface area contributed by atoms with E-state index in [0.717, 1.165) is 25.1 Å². The van der Waals surface area contributed by atoms with Crippen LogP contribution in [0, 0.1) is 16.0 Å². The summed E-state index contributed by atoms with van der Waals surface area (Å²) >= 11 is 0. The summed E-state index contributed by atoms with van der Waals surface area (Å²) in [6.07, 6.45) is 1.69. The van der Waals surface area contributed by atoms with Gasteiger partial charge in [0.05, 0.1) is 17.1 Å². The first-order valence-electron chi connectivity index (χ1n) is 5.84. The monoisotopic (exact) mass is 234 g/mol. The van der Waals surface area contributed by atoms with Crippen molar-refractivity contribution < 1.29 is 10.0 Å². The van der Waals surface area contributed by atoms with Crippen LogP contribution in [0.5, 0.6) is 0 Å². The van der Waals surface area contributed by atoms with Crippen molar-refractivity contribution >= 4 is 11.4 Å². The molecule has 1 heterocycles. The molecule has 1 aromatic carbocycles. The molecule has 0 amide bonds. The predicted molar refractivity (Wildman–Crippen MR) is 63.0 cm³/mol. The van der Waals surface area contributed by atoms with E-state index in [1.54, 1.807) is 12.1 Å². The fourth-order valence-corrected chi connectivity index (χ4v) is 3.05. The van der Waals surface area contributed by atoms with Crippen LogP contribution in [0.3, 0.4) is 0 Å². The summed E-state index contributed by atoms with van der Waals surface area (Å²) in [5, 5.41) is 20.4. The maximum absolute atomic E-state index is 10.6. The van der Waals surface area contributed by atoms with Crippen LogP contribution < -0.4 is 4.90 Å². The Balaban J connectivity index is 1.83. The number of nitro groups is 1. The van der Waals surface area contributed by atoms with Crippen molar-refractivity contribution in [1.82, 2.24) is 0 Å². The van der Waals surface area contributed by atoms with E-state index >= 15 is 0 Å². The third-order valence-electron chi connectivity index (χ3n) is 3.84. The molecule has 1 N–H and O–H groups in total. The quantitative estimate of drug-likeness (QED) is 0.622. The molecule has 0 spiro atoms. The normalized spacial score (nSPS) is 30.9. The van der Waals surface area contributed by atoms with Crippen molar-refractivity contribution in [2.45, 2.75) is 25.0 Å². The number of benzene rings is 1. The van der Waals surface area contributed by atoms with Crippen molar-refractivity contribution in [2.75, 3.05) is 11.4 Å². The third-order valence-corrected chi connectivity index (χ3v) is 3.84. The Morgan fingerprint density at radius 1 is 1.29 bits per heavy atom. The lowest BCUT2D eigenvalue weighted by Gasteiger charge is -2.32. The highest BCUT2D eigenvalue weighted by Gasteiger charge is 2.44. The van der Waals surface area contributed by atoms with Gasteiger partial charge in [-0.15, -0.1) is 0 Å². The summed E-state index contributed by atoms with van der Waals surface area (Å²) in [7, 11) is 0. The number of aliphatic hydroxyl groups excluding tert-OH is 1. The highest BCUT2D eigenvalue weighted by molar-refractivity contribution is 5.53. The standard InChI is InChI=1S/C12H14N2O3/c15-12-6-8-5-11(12)13(7-8)9-1-3-10(4-2-9)14(16)17/h1-4,8,11-12,15H,5-7H2. The minimum Gasteiger partial charge on any atom is -0.391 e. The van der Waals surface area contributed by atoms with Crippen LogP contribution >= 0.6 is 0 Å². The first-order valence-corrected chi connectivity index (χ1v) is 5.84. The van der Waals surface area contributed by atoms with Crippen molar-refractivity contribution in [2.24, 2.45) is 5.92 Å². The Hall–Kier alpha value is -1.62. The molecule has 2 bridgehead atoms. The van der Waals surface area contributed by atoms with Crippen LogP contribution in [0.15, 0.2) is 24.3 Å². The topological polar surface area (TPSA) is 66.6 Å². The lowest BCUT2D eigenvalue weighted by atomic mass is 10.1. The molecular weight excluding hydrogens is 220 g/mol. The summed E-state index contributed by atoms with van der Waals surface area (Å²) in [4.78, 5) is 12.3. The van der Waals surface area contributed by atoms with Gasteiger partial charge in [-0.05, 0) is 30.9 Å². The van der Waals surface area contributed by atoms with Crippen molar-refractivity contribution in [1.29, 1.82) is 0 Å². The Labute approximate surface area is 98.8 Å². The molecule has 3 atom stereocenters. The summed E-state index contributed by atoms with van der Waals surface area (Å²) in [6.45, 7) is 0.958. The van der Waals surface area contributed by atoms with Gasteiger partial charge in [-0.1, -0.05) is 0 Å². The molecule has 5 heteroatoms. The van der Waals surface area contributed by atoms with Gasteiger partial charge >= 0.3 is 0 Å². The lowest BCUT2D eigenvalue weighted by molar-refractivity contribution is -0.384. The Morgan fingerprint density at radius 3 is 2.53 bits per heavy atom. The Bertz CT molecular complexity index is 446. The van der Waals surface area contributed by atoms with Crippen LogP contribution in [0.4, 0.5) is 11.4 Å². The van der Waals surface area contributed by atoms with Crippen LogP contribution in [-0.4, -0.2) is 28.7 Å². The van der Waals surface area contributed by atoms with E-state index in [9.17, 15) is 15.2 Å². The molecule has 1 aromatic rings. The van der Waals surface area contributed by atoms with Crippen molar-refractivity contribution in [3.63, 3.8) is 0 Å². The molecule has 3 unspecified atom stereocenters. The smallest absolute Gasteiger partial charge is 0.269 e. The van der Waals surface area contributed by atoms with Gasteiger partial charge in [-0.2, -0.15) is 0 Å². The van der Waals surface area contributed by atoms with Crippen molar-refractivity contribution in [3.8, 4) is 0 Å². The first kappa shape index (κ1) is 10.5. The highest BCUT2D eigenvalue weighted by atomic mass is 16.6. The average Bonchev–Trinajstić information content (AvgIpc) is 2.87. The van der Waals surface area contributed by atoms with Gasteiger partial charge in [-0.3, -0.25) is 10.1 Å². The molecule has 1 aliphatic carbocycles. The van der Waals surface area contributed by atoms with Gasteiger partial charge in [0.25, 0.3) is 5.69 Å². The van der Waals surface area contributed by atoms with Crippen LogP contribution in [0.25, 0.3) is 0 Å². The molecule has 5 nitrogen and oxygen atoms in total. The lowest BCUT2D eigenvalue weighted by Crippen LogP contribution is -2.41. The van der Waals surface area contributed by atoms with E-state index in [4.69, 9.17) is 0 Å². The number of fused-ring (bicyclic) bond motifs is 2. The summed E-state index contributed by atoms with van der Waals surface area (Å²) in [5.74, 6) is 0.574. The summed E-state index contributed by atoms with van der Waals surface area (Å²) in [5.41, 5.74) is 1.08. The largest absolute Gasteiger partial charge is 0.391 e. The molecular formula is C12H14N2O3. The van der Waals surface area contributed by atoms with E-state index in [-0.39, 0.29) is 17.8 Å². The van der Waals surface area contributed by atoms with E-state index in [1.165, 1.54) is 12.1 Å². The number of nitro benzene ring substituents is 1. The second kappa shape index (κ2) is 3.70. The van der Waals surface area contributed by atoms with Gasteiger partial charge in [0, 0.05) is 24.4 Å². The fraction of sp³-hybridized carbons (Fsp3) is 0.500. The van der Waals surface area contributed by atoms with Gasteiger partial charge in [0.1, 0.15) is 0 Å². The number of hydrogen-bond donors (Lipinski definition) is 1. The fourth-order valence-electron chi connectivity index (χ4n) is 3.05. The number of nitrogens with zero attached hydrogens (tertiary/aromatic N) is 2. The number of piperidine rings is 1. The molecule has 2 aliphatic rings. The summed E-state index contributed by atoms with van der Waals surface area (Å²) < 4.78 is 0. The zero-order valence-corrected chi connectivity index (χ0v) is 9.32. The molecule has 1 saturated carbocycles. The van der Waals surface area contributed by atoms with E-state index in [1.807, 2.05) is 0 Å². The Kier molecular flexibility index (Phi) is 2.29. The number of aliphatic hydroxyl groups is 1. The maximum atomic E-state index is 10.6. The minimum absolute atomic E-state index is 0.110. The highest BCUT2D eigenvalue weighted by Crippen LogP contribution is 2.40. The van der Waals surface area contributed by atoms with Crippen LogP contribution in [0.1, 0.15) is 12.8 Å². The molecule has 2 fully saturated rings. The number of anilines is 1. The molecule has 0 radical (unpaired) electrons. The van der Waals surface area contributed by atoms with Gasteiger partial charge in [0.2, 0.25) is 0 Å². The number of rotatable bonds is 2. The van der Waals surface area contributed by atoms with Gasteiger partial charge in [0.15, 0.2) is 0 Å². The van der Waals surface area contributed by atoms with E-state index in [2.05, 4.69) is 4.90 Å². The molecule has 17 heavy (non-hydrogen) atoms. The molecule has 0 aromatic heterocycles. The zero-order chi connectivity index (χ0) is 12.0. The first-order chi connectivity index (χ1) is 8.15.